The first-order valence-electron chi connectivity index (χ1n) is 6.56. The minimum absolute atomic E-state index is 0.329. The minimum Gasteiger partial charge on any atom is -0.378 e. The Hall–Kier alpha value is -0.410. The van der Waals surface area contributed by atoms with Crippen molar-refractivity contribution in [1.29, 1.82) is 0 Å². The van der Waals surface area contributed by atoms with Gasteiger partial charge in [0.25, 0.3) is 0 Å². The van der Waals surface area contributed by atoms with E-state index in [1.54, 1.807) is 0 Å². The number of carbonyl (C=O) groups excluding carboxylic acids is 1. The van der Waals surface area contributed by atoms with Gasteiger partial charge in [0.1, 0.15) is 5.78 Å². The molecule has 3 nitrogen and oxygen atoms in total. The van der Waals surface area contributed by atoms with Gasteiger partial charge in [-0.15, -0.1) is 0 Å². The molecule has 2 bridgehead atoms. The molecule has 0 radical (unpaired) electrons. The van der Waals surface area contributed by atoms with Crippen LogP contribution in [0.2, 0.25) is 0 Å². The van der Waals surface area contributed by atoms with E-state index in [9.17, 15) is 4.79 Å². The average Bonchev–Trinajstić information content (AvgIpc) is 3.00. The molecule has 0 aromatic rings. The Morgan fingerprint density at radius 3 is 2.44 bits per heavy atom. The summed E-state index contributed by atoms with van der Waals surface area (Å²) in [5.74, 6) is 1.60. The summed E-state index contributed by atoms with van der Waals surface area (Å²) in [6, 6.07) is 0.973. The van der Waals surface area contributed by atoms with Crippen molar-refractivity contribution in [2.24, 2.45) is 11.8 Å². The Labute approximate surface area is 97.1 Å². The predicted octanol–water partition coefficient (Wildman–Crippen LogP) is 1.46. The zero-order valence-corrected chi connectivity index (χ0v) is 10.0. The fraction of sp³-hybridized carbons (Fsp3) is 0.923. The average molecular weight is 223 g/mol. The fourth-order valence-corrected chi connectivity index (χ4v) is 3.13. The van der Waals surface area contributed by atoms with Crippen molar-refractivity contribution in [3.63, 3.8) is 0 Å². The number of carbonyl (C=O) groups is 1. The van der Waals surface area contributed by atoms with E-state index in [-0.39, 0.29) is 0 Å². The van der Waals surface area contributed by atoms with E-state index in [4.69, 9.17) is 4.74 Å². The standard InChI is InChI=1S/C13H21NO2/c1-14-11-5-10(6-12(14)8-16-7-11)13(15)4-9-2-3-9/h9-12H,2-8H2,1H3. The number of ketones is 1. The lowest BCUT2D eigenvalue weighted by Crippen LogP contribution is -2.55. The maximum Gasteiger partial charge on any atom is 0.136 e. The number of nitrogens with zero attached hydrogens (tertiary/aromatic N) is 1. The lowest BCUT2D eigenvalue weighted by Gasteiger charge is -2.46. The highest BCUT2D eigenvalue weighted by Crippen LogP contribution is 2.37. The van der Waals surface area contributed by atoms with E-state index in [0.717, 1.165) is 38.4 Å². The van der Waals surface area contributed by atoms with Gasteiger partial charge in [-0.05, 0) is 38.6 Å². The number of rotatable bonds is 3. The maximum absolute atomic E-state index is 12.1. The number of Topliss-reactive ketones (excluding diaryl/α,β-unsaturated/α-hetero) is 1. The molecule has 2 aliphatic heterocycles. The number of ether oxygens (including phenoxy) is 1. The Morgan fingerprint density at radius 1 is 1.25 bits per heavy atom. The van der Waals surface area contributed by atoms with Crippen molar-refractivity contribution in [2.45, 2.75) is 44.2 Å². The van der Waals surface area contributed by atoms with Gasteiger partial charge in [-0.1, -0.05) is 0 Å². The molecule has 2 atom stereocenters. The minimum atomic E-state index is 0.329. The predicted molar refractivity (Wildman–Crippen MR) is 61.2 cm³/mol. The van der Waals surface area contributed by atoms with Crippen molar-refractivity contribution in [1.82, 2.24) is 4.90 Å². The number of morpholine rings is 1. The van der Waals surface area contributed by atoms with Gasteiger partial charge in [0, 0.05) is 24.4 Å². The van der Waals surface area contributed by atoms with Gasteiger partial charge in [-0.2, -0.15) is 0 Å². The summed E-state index contributed by atoms with van der Waals surface area (Å²) in [5.41, 5.74) is 0. The first-order chi connectivity index (χ1) is 7.74. The highest BCUT2D eigenvalue weighted by molar-refractivity contribution is 5.81. The second-order valence-electron chi connectivity index (χ2n) is 5.79. The lowest BCUT2D eigenvalue weighted by atomic mass is 9.81. The maximum atomic E-state index is 12.1. The van der Waals surface area contributed by atoms with Gasteiger partial charge in [0.05, 0.1) is 13.2 Å². The molecular weight excluding hydrogens is 202 g/mol. The zero-order valence-electron chi connectivity index (χ0n) is 10.0. The second-order valence-corrected chi connectivity index (χ2v) is 5.79. The monoisotopic (exact) mass is 223 g/mol. The summed E-state index contributed by atoms with van der Waals surface area (Å²) in [7, 11) is 2.18. The van der Waals surface area contributed by atoms with Gasteiger partial charge in [-0.3, -0.25) is 9.69 Å². The molecule has 16 heavy (non-hydrogen) atoms. The first kappa shape index (κ1) is 10.7. The van der Waals surface area contributed by atoms with Gasteiger partial charge in [-0.25, -0.2) is 0 Å². The normalized spacial score (nSPS) is 39.7. The van der Waals surface area contributed by atoms with E-state index in [1.165, 1.54) is 12.8 Å². The van der Waals surface area contributed by atoms with Crippen LogP contribution in [0.3, 0.4) is 0 Å². The van der Waals surface area contributed by atoms with Gasteiger partial charge in [0.2, 0.25) is 0 Å². The van der Waals surface area contributed by atoms with Crippen LogP contribution in [-0.4, -0.2) is 43.0 Å². The molecule has 2 heterocycles. The van der Waals surface area contributed by atoms with Crippen LogP contribution in [0, 0.1) is 11.8 Å². The number of hydrogen-bond acceptors (Lipinski definition) is 3. The van der Waals surface area contributed by atoms with Crippen molar-refractivity contribution in [2.75, 3.05) is 20.3 Å². The second kappa shape index (κ2) is 4.11. The van der Waals surface area contributed by atoms with Gasteiger partial charge in [0.15, 0.2) is 0 Å². The molecule has 1 saturated carbocycles. The molecule has 2 unspecified atom stereocenters. The SMILES string of the molecule is CN1C2COCC1CC(C(=O)CC1CC1)C2. The molecular formula is C13H21NO2. The third-order valence-corrected chi connectivity index (χ3v) is 4.53. The largest absolute Gasteiger partial charge is 0.378 e. The topological polar surface area (TPSA) is 29.5 Å². The quantitative estimate of drug-likeness (QED) is 0.725. The summed E-state index contributed by atoms with van der Waals surface area (Å²) in [5, 5.41) is 0. The molecule has 0 amide bonds. The Kier molecular flexibility index (Phi) is 2.76. The van der Waals surface area contributed by atoms with E-state index >= 15 is 0 Å². The molecule has 3 rings (SSSR count). The third-order valence-electron chi connectivity index (χ3n) is 4.53. The molecule has 3 fully saturated rings. The van der Waals surface area contributed by atoms with Crippen molar-refractivity contribution in [3.8, 4) is 0 Å². The summed E-state index contributed by atoms with van der Waals surface area (Å²) >= 11 is 0. The summed E-state index contributed by atoms with van der Waals surface area (Å²) < 4.78 is 5.58. The summed E-state index contributed by atoms with van der Waals surface area (Å²) in [6.45, 7) is 1.64. The molecule has 0 N–H and O–H groups in total. The highest BCUT2D eigenvalue weighted by atomic mass is 16.5. The van der Waals surface area contributed by atoms with Crippen molar-refractivity contribution in [3.05, 3.63) is 0 Å². The van der Waals surface area contributed by atoms with E-state index in [0.29, 0.717) is 23.8 Å². The van der Waals surface area contributed by atoms with Crippen molar-refractivity contribution >= 4 is 5.78 Å². The Bertz CT molecular complexity index is 274. The molecule has 0 spiro atoms. The van der Waals surface area contributed by atoms with Crippen LogP contribution < -0.4 is 0 Å². The first-order valence-corrected chi connectivity index (χ1v) is 6.56. The third kappa shape index (κ3) is 2.03. The van der Waals surface area contributed by atoms with Crippen LogP contribution >= 0.6 is 0 Å². The molecule has 90 valence electrons. The van der Waals surface area contributed by atoms with Crippen LogP contribution in [0.4, 0.5) is 0 Å². The number of piperidine rings is 1. The van der Waals surface area contributed by atoms with E-state index < -0.39 is 0 Å². The van der Waals surface area contributed by atoms with Crippen LogP contribution in [0.1, 0.15) is 32.1 Å². The van der Waals surface area contributed by atoms with Crippen LogP contribution in [-0.2, 0) is 9.53 Å². The van der Waals surface area contributed by atoms with Crippen LogP contribution in [0.25, 0.3) is 0 Å². The van der Waals surface area contributed by atoms with E-state index in [1.807, 2.05) is 0 Å². The Morgan fingerprint density at radius 2 is 1.88 bits per heavy atom. The molecule has 0 aromatic carbocycles. The molecule has 3 aliphatic rings. The summed E-state index contributed by atoms with van der Waals surface area (Å²) in [4.78, 5) is 14.5. The molecule has 1 aliphatic carbocycles. The Balaban J connectivity index is 1.62. The number of fused-ring (bicyclic) bond motifs is 2. The van der Waals surface area contributed by atoms with Crippen molar-refractivity contribution < 1.29 is 9.53 Å². The fourth-order valence-electron chi connectivity index (χ4n) is 3.13. The smallest absolute Gasteiger partial charge is 0.136 e. The number of hydrogen-bond donors (Lipinski definition) is 0. The van der Waals surface area contributed by atoms with Crippen LogP contribution in [0.15, 0.2) is 0 Å². The van der Waals surface area contributed by atoms with E-state index in [2.05, 4.69) is 11.9 Å². The summed E-state index contributed by atoms with van der Waals surface area (Å²) in [6.07, 6.45) is 5.48. The molecule has 2 saturated heterocycles. The number of likely N-dealkylation sites (N-methyl/N-ethyl adjacent to an activating group) is 1. The highest BCUT2D eigenvalue weighted by Gasteiger charge is 2.40. The molecule has 3 heteroatoms. The zero-order chi connectivity index (χ0) is 11.1. The van der Waals surface area contributed by atoms with Crippen LogP contribution in [0.5, 0.6) is 0 Å². The van der Waals surface area contributed by atoms with Gasteiger partial charge < -0.3 is 4.74 Å². The molecule has 0 aromatic heterocycles. The lowest BCUT2D eigenvalue weighted by molar-refractivity contribution is -0.131. The van der Waals surface area contributed by atoms with Gasteiger partial charge >= 0.3 is 0 Å².